The number of anilines is 1. The van der Waals surface area contributed by atoms with E-state index in [1.807, 2.05) is 19.9 Å². The lowest BCUT2D eigenvalue weighted by molar-refractivity contribution is -0.137. The molecule has 3 aromatic rings. The average Bonchev–Trinajstić information content (AvgIpc) is 3.22. The standard InChI is InChI=1S/C23H26N6O5/c1-3-5-13-28-20-19(21(31)25-23(28)33)27(4-2)17(24-20)14-34-22(32)16-11-12-18(30)29(26-16)15-9-7-6-8-10-15/h6-10H,3-5,11-14H2,1-2H3,(H,25,31,33). The number of hydrogen-bond acceptors (Lipinski definition) is 7. The molecular formula is C23H26N6O5. The van der Waals surface area contributed by atoms with Gasteiger partial charge in [-0.3, -0.25) is 19.1 Å². The molecule has 2 aromatic heterocycles. The summed E-state index contributed by atoms with van der Waals surface area (Å²) in [6.07, 6.45) is 1.92. The van der Waals surface area contributed by atoms with Crippen LogP contribution in [0.1, 0.15) is 45.4 Å². The number of ether oxygens (including phenoxy) is 1. The van der Waals surface area contributed by atoms with Gasteiger partial charge in [0, 0.05) is 25.9 Å². The van der Waals surface area contributed by atoms with Gasteiger partial charge in [0.15, 0.2) is 11.2 Å². The molecule has 4 rings (SSSR count). The van der Waals surface area contributed by atoms with Crippen molar-refractivity contribution in [2.45, 2.75) is 59.2 Å². The molecule has 0 saturated heterocycles. The van der Waals surface area contributed by atoms with Crippen LogP contribution in [0.25, 0.3) is 11.2 Å². The number of amides is 1. The van der Waals surface area contributed by atoms with Gasteiger partial charge in [0.05, 0.1) is 5.69 Å². The third kappa shape index (κ3) is 4.41. The summed E-state index contributed by atoms with van der Waals surface area (Å²) < 4.78 is 8.53. The van der Waals surface area contributed by atoms with Crippen molar-refractivity contribution in [1.82, 2.24) is 19.1 Å². The monoisotopic (exact) mass is 466 g/mol. The molecule has 1 N–H and O–H groups in total. The highest BCUT2D eigenvalue weighted by Crippen LogP contribution is 2.20. The first-order valence-electron chi connectivity index (χ1n) is 11.3. The summed E-state index contributed by atoms with van der Waals surface area (Å²) >= 11 is 0. The number of imidazole rings is 1. The van der Waals surface area contributed by atoms with Crippen LogP contribution < -0.4 is 16.3 Å². The second kappa shape index (κ2) is 9.86. The number of nitrogens with one attached hydrogen (secondary N) is 1. The fourth-order valence-corrected chi connectivity index (χ4v) is 3.88. The number of aryl methyl sites for hydroxylation is 2. The lowest BCUT2D eigenvalue weighted by Gasteiger charge is -2.22. The predicted molar refractivity (Wildman–Crippen MR) is 126 cm³/mol. The molecule has 0 aliphatic carbocycles. The van der Waals surface area contributed by atoms with Crippen LogP contribution in [0, 0.1) is 0 Å². The predicted octanol–water partition coefficient (Wildman–Crippen LogP) is 1.93. The molecule has 11 nitrogen and oxygen atoms in total. The van der Waals surface area contributed by atoms with Crippen LogP contribution in [0.2, 0.25) is 0 Å². The Balaban J connectivity index is 1.60. The third-order valence-corrected chi connectivity index (χ3v) is 5.62. The number of carbonyl (C=O) groups excluding carboxylic acids is 2. The first-order chi connectivity index (χ1) is 16.4. The zero-order valence-electron chi connectivity index (χ0n) is 19.1. The number of H-pyrrole nitrogens is 1. The lowest BCUT2D eigenvalue weighted by atomic mass is 10.1. The lowest BCUT2D eigenvalue weighted by Crippen LogP contribution is -2.35. The number of unbranched alkanes of at least 4 members (excludes halogenated alkanes) is 1. The van der Waals surface area contributed by atoms with Crippen LogP contribution in [0.15, 0.2) is 45.0 Å². The number of benzene rings is 1. The van der Waals surface area contributed by atoms with Crippen LogP contribution >= 0.6 is 0 Å². The van der Waals surface area contributed by atoms with Crippen molar-refractivity contribution in [2.75, 3.05) is 5.01 Å². The number of esters is 1. The van der Waals surface area contributed by atoms with Gasteiger partial charge in [-0.15, -0.1) is 0 Å². The number of fused-ring (bicyclic) bond motifs is 1. The summed E-state index contributed by atoms with van der Waals surface area (Å²) in [7, 11) is 0. The van der Waals surface area contributed by atoms with E-state index in [9.17, 15) is 19.2 Å². The van der Waals surface area contributed by atoms with Gasteiger partial charge in [0.25, 0.3) is 5.56 Å². The van der Waals surface area contributed by atoms with Crippen LogP contribution in [0.4, 0.5) is 5.69 Å². The number of aromatic nitrogens is 4. The quantitative estimate of drug-likeness (QED) is 0.505. The van der Waals surface area contributed by atoms with Crippen LogP contribution in [0.3, 0.4) is 0 Å². The van der Waals surface area contributed by atoms with Crippen molar-refractivity contribution in [1.29, 1.82) is 0 Å². The number of rotatable bonds is 8. The molecule has 1 aliphatic heterocycles. The largest absolute Gasteiger partial charge is 0.453 e. The van der Waals surface area contributed by atoms with Gasteiger partial charge in [-0.25, -0.2) is 19.6 Å². The summed E-state index contributed by atoms with van der Waals surface area (Å²) in [6, 6.07) is 8.84. The van der Waals surface area contributed by atoms with Crippen LogP contribution in [0.5, 0.6) is 0 Å². The highest BCUT2D eigenvalue weighted by molar-refractivity contribution is 6.37. The van der Waals surface area contributed by atoms with Gasteiger partial charge in [0.1, 0.15) is 18.1 Å². The molecule has 34 heavy (non-hydrogen) atoms. The first kappa shape index (κ1) is 23.1. The molecule has 1 amide bonds. The Morgan fingerprint density at radius 3 is 2.56 bits per heavy atom. The number of hydrazone groups is 1. The van der Waals surface area contributed by atoms with Crippen molar-refractivity contribution in [3.63, 3.8) is 0 Å². The molecular weight excluding hydrogens is 440 g/mol. The molecule has 0 fully saturated rings. The molecule has 0 saturated carbocycles. The Hall–Kier alpha value is -4.02. The smallest absolute Gasteiger partial charge is 0.354 e. The molecule has 178 valence electrons. The average molecular weight is 466 g/mol. The Morgan fingerprint density at radius 2 is 1.85 bits per heavy atom. The maximum atomic E-state index is 12.7. The van der Waals surface area contributed by atoms with E-state index >= 15 is 0 Å². The van der Waals surface area contributed by atoms with Crippen molar-refractivity contribution in [2.24, 2.45) is 5.10 Å². The summed E-state index contributed by atoms with van der Waals surface area (Å²) in [5.41, 5.74) is 0.173. The van der Waals surface area contributed by atoms with E-state index in [2.05, 4.69) is 15.1 Å². The molecule has 1 aromatic carbocycles. The highest BCUT2D eigenvalue weighted by Gasteiger charge is 2.27. The summed E-state index contributed by atoms with van der Waals surface area (Å²) in [6.45, 7) is 4.45. The van der Waals surface area contributed by atoms with Gasteiger partial charge in [-0.05, 0) is 25.5 Å². The molecule has 0 bridgehead atoms. The van der Waals surface area contributed by atoms with E-state index in [1.165, 1.54) is 9.58 Å². The van der Waals surface area contributed by atoms with E-state index in [0.29, 0.717) is 24.6 Å². The van der Waals surface area contributed by atoms with Crippen LogP contribution in [-0.2, 0) is 34.0 Å². The maximum Gasteiger partial charge on any atom is 0.354 e. The number of nitrogens with zero attached hydrogens (tertiary/aromatic N) is 5. The third-order valence-electron chi connectivity index (χ3n) is 5.62. The molecule has 0 unspecified atom stereocenters. The maximum absolute atomic E-state index is 12.7. The minimum atomic E-state index is -0.666. The van der Waals surface area contributed by atoms with Gasteiger partial charge >= 0.3 is 11.7 Å². The Kier molecular flexibility index (Phi) is 6.71. The zero-order chi connectivity index (χ0) is 24.2. The van der Waals surface area contributed by atoms with Gasteiger partial charge in [0.2, 0.25) is 5.91 Å². The van der Waals surface area contributed by atoms with Crippen molar-refractivity contribution < 1.29 is 14.3 Å². The summed E-state index contributed by atoms with van der Waals surface area (Å²) in [5, 5.41) is 5.40. The summed E-state index contributed by atoms with van der Waals surface area (Å²) in [5.74, 6) is -0.528. The Bertz CT molecular complexity index is 1370. The fraction of sp³-hybridized carbons (Fsp3) is 0.391. The van der Waals surface area contributed by atoms with E-state index in [-0.39, 0.29) is 42.2 Å². The second-order valence-corrected chi connectivity index (χ2v) is 7.87. The SMILES string of the molecule is CCCCn1c(=O)[nH]c(=O)c2c1nc(COC(=O)C1=NN(c3ccccc3)C(=O)CC1)n2CC. The highest BCUT2D eigenvalue weighted by atomic mass is 16.5. The van der Waals surface area contributed by atoms with E-state index in [0.717, 1.165) is 12.8 Å². The van der Waals surface area contributed by atoms with Gasteiger partial charge in [-0.1, -0.05) is 31.5 Å². The molecule has 0 atom stereocenters. The van der Waals surface area contributed by atoms with Gasteiger partial charge in [-0.2, -0.15) is 5.10 Å². The van der Waals surface area contributed by atoms with E-state index in [4.69, 9.17) is 4.74 Å². The molecule has 0 spiro atoms. The minimum Gasteiger partial charge on any atom is -0.453 e. The molecule has 1 aliphatic rings. The number of hydrogen-bond donors (Lipinski definition) is 1. The van der Waals surface area contributed by atoms with Crippen molar-refractivity contribution >= 4 is 34.4 Å². The van der Waals surface area contributed by atoms with Crippen LogP contribution in [-0.4, -0.2) is 36.7 Å². The van der Waals surface area contributed by atoms with Crippen molar-refractivity contribution in [3.8, 4) is 0 Å². The second-order valence-electron chi connectivity index (χ2n) is 7.87. The topological polar surface area (TPSA) is 132 Å². The van der Waals surface area contributed by atoms with Gasteiger partial charge < -0.3 is 9.30 Å². The fourth-order valence-electron chi connectivity index (χ4n) is 3.88. The number of para-hydroxylation sites is 1. The molecule has 11 heteroatoms. The summed E-state index contributed by atoms with van der Waals surface area (Å²) in [4.78, 5) is 56.7. The number of aromatic amines is 1. The Morgan fingerprint density at radius 1 is 1.09 bits per heavy atom. The molecule has 3 heterocycles. The molecule has 0 radical (unpaired) electrons. The number of carbonyl (C=O) groups is 2. The van der Waals surface area contributed by atoms with E-state index < -0.39 is 17.2 Å². The zero-order valence-corrected chi connectivity index (χ0v) is 19.1. The Labute approximate surface area is 194 Å². The van der Waals surface area contributed by atoms with E-state index in [1.54, 1.807) is 28.8 Å². The minimum absolute atomic E-state index is 0.125. The van der Waals surface area contributed by atoms with Crippen molar-refractivity contribution in [3.05, 3.63) is 57.0 Å². The first-order valence-corrected chi connectivity index (χ1v) is 11.3. The normalized spacial score (nSPS) is 13.9.